The summed E-state index contributed by atoms with van der Waals surface area (Å²) >= 11 is 0. The number of aliphatic hydroxyl groups is 5. The molecule has 0 aliphatic carbocycles. The average molecular weight is 1010 g/mol. The molecule has 11 nitrogen and oxygen atoms in total. The zero-order valence-corrected chi connectivity index (χ0v) is 45.9. The molecule has 0 aromatic carbocycles. The number of carbonyl (C=O) groups excluding carboxylic acids is 2. The number of carbonyl (C=O) groups is 2. The molecule has 0 radical (unpaired) electrons. The first kappa shape index (κ1) is 67.2. The lowest BCUT2D eigenvalue weighted by atomic mass is 9.99. The zero-order chi connectivity index (χ0) is 51.7. The van der Waals surface area contributed by atoms with Crippen molar-refractivity contribution < 1.29 is 49.3 Å². The summed E-state index contributed by atoms with van der Waals surface area (Å²) in [5.74, 6) is -0.198. The van der Waals surface area contributed by atoms with Gasteiger partial charge in [-0.25, -0.2) is 0 Å². The Morgan fingerprint density at radius 1 is 0.507 bits per heavy atom. The quantitative estimate of drug-likeness (QED) is 0.0195. The lowest BCUT2D eigenvalue weighted by molar-refractivity contribution is -0.302. The third-order valence-electron chi connectivity index (χ3n) is 14.3. The van der Waals surface area contributed by atoms with Gasteiger partial charge in [0.05, 0.1) is 32.0 Å². The maximum atomic E-state index is 13.0. The van der Waals surface area contributed by atoms with Crippen LogP contribution in [0.1, 0.15) is 284 Å². The van der Waals surface area contributed by atoms with Crippen molar-refractivity contribution in [2.45, 2.75) is 326 Å². The van der Waals surface area contributed by atoms with Crippen molar-refractivity contribution in [3.63, 3.8) is 0 Å². The Labute approximate surface area is 435 Å². The Bertz CT molecular complexity index is 1230. The number of allylic oxidation sites excluding steroid dienone is 3. The first-order valence-corrected chi connectivity index (χ1v) is 30.1. The first-order valence-electron chi connectivity index (χ1n) is 30.1. The molecular weight excluding hydrogens is 895 g/mol. The lowest BCUT2D eigenvalue weighted by Crippen LogP contribution is -2.60. The smallest absolute Gasteiger partial charge is 0.305 e. The van der Waals surface area contributed by atoms with Crippen LogP contribution in [0.3, 0.4) is 0 Å². The highest BCUT2D eigenvalue weighted by Crippen LogP contribution is 2.23. The van der Waals surface area contributed by atoms with Gasteiger partial charge in [0, 0.05) is 12.8 Å². The van der Waals surface area contributed by atoms with Gasteiger partial charge in [0.2, 0.25) is 5.91 Å². The standard InChI is InChI=1S/C60H113NO10/c1-3-5-7-9-11-13-15-27-30-34-38-42-46-53(63)52(51-70-60-59(68)58(67)57(66)54(50-62)71-60)61-55(64)47-43-39-35-31-28-24-22-20-18-16-17-19-21-23-25-29-33-37-41-45-49-69-56(65)48-44-40-36-32-26-14-12-10-8-6-4-2/h16,18,42,46,52-54,57-60,62-63,66-68H,3-15,17,19-41,43-45,47-51H2,1-2H3,(H,61,64)/b18-16-,46-42+. The molecule has 1 aliphatic heterocycles. The number of hydrogen-bond donors (Lipinski definition) is 6. The van der Waals surface area contributed by atoms with E-state index in [1.165, 1.54) is 180 Å². The predicted octanol–water partition coefficient (Wildman–Crippen LogP) is 13.7. The van der Waals surface area contributed by atoms with Crippen LogP contribution < -0.4 is 5.32 Å². The minimum atomic E-state index is -1.57. The summed E-state index contributed by atoms with van der Waals surface area (Å²) in [7, 11) is 0. The Morgan fingerprint density at radius 2 is 0.901 bits per heavy atom. The first-order chi connectivity index (χ1) is 34.7. The molecule has 1 rings (SSSR count). The number of rotatable bonds is 52. The Hall–Kier alpha value is -1.86. The molecule has 1 aliphatic rings. The van der Waals surface area contributed by atoms with Crippen LogP contribution in [0.2, 0.25) is 0 Å². The SMILES string of the molecule is CCCCCCCCCCCC/C=C/C(O)C(COC1OC(CO)C(O)C(O)C1O)NC(=O)CCCCCCCCC/C=C\CCCCCCCCCCCOC(=O)CCCCCCCCCCCCC. The van der Waals surface area contributed by atoms with Crippen LogP contribution in [0.25, 0.3) is 0 Å². The summed E-state index contributed by atoms with van der Waals surface area (Å²) in [6.45, 7) is 4.33. The van der Waals surface area contributed by atoms with E-state index < -0.39 is 49.5 Å². The largest absolute Gasteiger partial charge is 0.466 e. The second-order valence-corrected chi connectivity index (χ2v) is 21.1. The number of unbranched alkanes of at least 4 members (excludes halogenated alkanes) is 36. The molecule has 418 valence electrons. The second-order valence-electron chi connectivity index (χ2n) is 21.1. The van der Waals surface area contributed by atoms with E-state index in [0.29, 0.717) is 19.4 Å². The molecule has 0 spiro atoms. The summed E-state index contributed by atoms with van der Waals surface area (Å²) < 4.78 is 16.7. The van der Waals surface area contributed by atoms with Crippen molar-refractivity contribution in [3.05, 3.63) is 24.3 Å². The molecule has 0 saturated carbocycles. The van der Waals surface area contributed by atoms with Gasteiger partial charge in [-0.3, -0.25) is 9.59 Å². The van der Waals surface area contributed by atoms with Gasteiger partial charge in [-0.1, -0.05) is 237 Å². The summed E-state index contributed by atoms with van der Waals surface area (Å²) in [5.41, 5.74) is 0. The summed E-state index contributed by atoms with van der Waals surface area (Å²) in [6.07, 6.45) is 49.8. The number of nitrogens with one attached hydrogen (secondary N) is 1. The van der Waals surface area contributed by atoms with Crippen molar-refractivity contribution in [2.75, 3.05) is 19.8 Å². The monoisotopic (exact) mass is 1010 g/mol. The predicted molar refractivity (Wildman–Crippen MR) is 292 cm³/mol. The maximum absolute atomic E-state index is 13.0. The Kier molecular flexibility index (Phi) is 47.6. The van der Waals surface area contributed by atoms with Crippen LogP contribution in [0, 0.1) is 0 Å². The minimum absolute atomic E-state index is 0.00796. The van der Waals surface area contributed by atoms with Crippen molar-refractivity contribution >= 4 is 11.9 Å². The maximum Gasteiger partial charge on any atom is 0.305 e. The van der Waals surface area contributed by atoms with E-state index in [2.05, 4.69) is 31.3 Å². The van der Waals surface area contributed by atoms with E-state index in [-0.39, 0.29) is 18.5 Å². The van der Waals surface area contributed by atoms with Gasteiger partial charge in [0.15, 0.2) is 6.29 Å². The Morgan fingerprint density at radius 3 is 1.35 bits per heavy atom. The molecule has 7 atom stereocenters. The topological polar surface area (TPSA) is 175 Å². The molecule has 7 unspecified atom stereocenters. The number of esters is 1. The van der Waals surface area contributed by atoms with E-state index in [1.54, 1.807) is 6.08 Å². The van der Waals surface area contributed by atoms with Crippen LogP contribution in [-0.4, -0.2) is 100 Å². The van der Waals surface area contributed by atoms with Gasteiger partial charge < -0.3 is 45.1 Å². The van der Waals surface area contributed by atoms with Gasteiger partial charge in [-0.2, -0.15) is 0 Å². The normalized spacial score (nSPS) is 19.2. The fourth-order valence-corrected chi connectivity index (χ4v) is 9.49. The second kappa shape index (κ2) is 50.3. The van der Waals surface area contributed by atoms with Gasteiger partial charge >= 0.3 is 5.97 Å². The molecule has 0 aromatic rings. The summed E-state index contributed by atoms with van der Waals surface area (Å²) in [6, 6.07) is -0.815. The summed E-state index contributed by atoms with van der Waals surface area (Å²) in [4.78, 5) is 25.0. The minimum Gasteiger partial charge on any atom is -0.466 e. The van der Waals surface area contributed by atoms with Crippen molar-refractivity contribution in [3.8, 4) is 0 Å². The zero-order valence-electron chi connectivity index (χ0n) is 45.9. The van der Waals surface area contributed by atoms with Crippen molar-refractivity contribution in [2.24, 2.45) is 0 Å². The van der Waals surface area contributed by atoms with Gasteiger partial charge in [-0.15, -0.1) is 0 Å². The third-order valence-corrected chi connectivity index (χ3v) is 14.3. The molecule has 1 fully saturated rings. The van der Waals surface area contributed by atoms with Crippen molar-refractivity contribution in [1.29, 1.82) is 0 Å². The fourth-order valence-electron chi connectivity index (χ4n) is 9.49. The van der Waals surface area contributed by atoms with Gasteiger partial charge in [0.25, 0.3) is 0 Å². The highest BCUT2D eigenvalue weighted by atomic mass is 16.7. The van der Waals surface area contributed by atoms with Crippen LogP contribution >= 0.6 is 0 Å². The Balaban J connectivity index is 2.09. The molecule has 71 heavy (non-hydrogen) atoms. The lowest BCUT2D eigenvalue weighted by Gasteiger charge is -2.40. The molecule has 1 saturated heterocycles. The molecule has 6 N–H and O–H groups in total. The van der Waals surface area contributed by atoms with E-state index in [0.717, 1.165) is 77.0 Å². The van der Waals surface area contributed by atoms with Crippen molar-refractivity contribution in [1.82, 2.24) is 5.32 Å². The van der Waals surface area contributed by atoms with Crippen LogP contribution in [0.15, 0.2) is 24.3 Å². The van der Waals surface area contributed by atoms with Crippen LogP contribution in [-0.2, 0) is 23.8 Å². The number of amides is 1. The van der Waals surface area contributed by atoms with Gasteiger partial charge in [0.1, 0.15) is 24.4 Å². The molecule has 1 heterocycles. The third kappa shape index (κ3) is 40.2. The molecule has 0 bridgehead atoms. The molecule has 1 amide bonds. The highest BCUT2D eigenvalue weighted by molar-refractivity contribution is 5.76. The average Bonchev–Trinajstić information content (AvgIpc) is 3.37. The molecule has 11 heteroatoms. The number of ether oxygens (including phenoxy) is 3. The van der Waals surface area contributed by atoms with E-state index >= 15 is 0 Å². The van der Waals surface area contributed by atoms with E-state index in [9.17, 15) is 35.1 Å². The molecular formula is C60H113NO10. The number of aliphatic hydroxyl groups excluding tert-OH is 5. The van der Waals surface area contributed by atoms with Crippen LogP contribution in [0.5, 0.6) is 0 Å². The fraction of sp³-hybridized carbons (Fsp3) is 0.900. The molecule has 0 aromatic heterocycles. The number of hydrogen-bond acceptors (Lipinski definition) is 10. The van der Waals surface area contributed by atoms with Crippen LogP contribution in [0.4, 0.5) is 0 Å². The summed E-state index contributed by atoms with van der Waals surface area (Å²) in [5, 5.41) is 54.3. The van der Waals surface area contributed by atoms with E-state index in [1.807, 2.05) is 6.08 Å². The van der Waals surface area contributed by atoms with Gasteiger partial charge in [-0.05, 0) is 57.8 Å². The van der Waals surface area contributed by atoms with E-state index in [4.69, 9.17) is 14.2 Å². The highest BCUT2D eigenvalue weighted by Gasteiger charge is 2.44.